The molecular weight excluding hydrogens is 274 g/mol. The van der Waals surface area contributed by atoms with E-state index in [1.54, 1.807) is 0 Å². The van der Waals surface area contributed by atoms with Gasteiger partial charge in [-0.1, -0.05) is 23.7 Å². The fraction of sp³-hybridized carbons (Fsp3) is 0.533. The van der Waals surface area contributed by atoms with E-state index < -0.39 is 0 Å². The van der Waals surface area contributed by atoms with Crippen LogP contribution in [-0.4, -0.2) is 43.0 Å². The van der Waals surface area contributed by atoms with E-state index in [0.717, 1.165) is 18.1 Å². The second-order valence-corrected chi connectivity index (χ2v) is 5.52. The monoisotopic (exact) mass is 295 g/mol. The summed E-state index contributed by atoms with van der Waals surface area (Å²) in [7, 11) is 0. The van der Waals surface area contributed by atoms with Crippen LogP contribution in [0.4, 0.5) is 0 Å². The van der Waals surface area contributed by atoms with Gasteiger partial charge in [0.1, 0.15) is 6.04 Å². The van der Waals surface area contributed by atoms with Crippen molar-refractivity contribution >= 4 is 17.5 Å². The maximum absolute atomic E-state index is 12.2. The molecule has 0 saturated carbocycles. The molecule has 1 fully saturated rings. The molecule has 1 aliphatic heterocycles. The van der Waals surface area contributed by atoms with Crippen LogP contribution in [0.1, 0.15) is 25.5 Å². The van der Waals surface area contributed by atoms with Crippen LogP contribution >= 0.6 is 11.6 Å². The van der Waals surface area contributed by atoms with Crippen LogP contribution < -0.4 is 10.6 Å². The Bertz CT molecular complexity index is 449. The van der Waals surface area contributed by atoms with Crippen molar-refractivity contribution in [3.05, 3.63) is 34.9 Å². The molecule has 1 saturated heterocycles. The Morgan fingerprint density at radius 3 is 2.85 bits per heavy atom. The molecule has 0 bridgehead atoms. The summed E-state index contributed by atoms with van der Waals surface area (Å²) in [4.78, 5) is 14.4. The van der Waals surface area contributed by atoms with E-state index in [9.17, 15) is 4.79 Å². The van der Waals surface area contributed by atoms with E-state index in [4.69, 9.17) is 11.6 Å². The van der Waals surface area contributed by atoms with E-state index in [-0.39, 0.29) is 18.0 Å². The lowest BCUT2D eigenvalue weighted by molar-refractivity contribution is -0.128. The van der Waals surface area contributed by atoms with Crippen molar-refractivity contribution in [3.63, 3.8) is 0 Å². The van der Waals surface area contributed by atoms with E-state index in [1.807, 2.05) is 31.2 Å². The van der Waals surface area contributed by atoms with Crippen LogP contribution in [-0.2, 0) is 4.79 Å². The van der Waals surface area contributed by atoms with Crippen LogP contribution in [0.3, 0.4) is 0 Å². The molecule has 2 rings (SSSR count). The number of carbonyl (C=O) groups is 1. The van der Waals surface area contributed by atoms with Crippen molar-refractivity contribution in [2.24, 2.45) is 0 Å². The molecule has 1 aromatic carbocycles. The van der Waals surface area contributed by atoms with Gasteiger partial charge in [-0.25, -0.2) is 0 Å². The molecule has 4 nitrogen and oxygen atoms in total. The van der Waals surface area contributed by atoms with Gasteiger partial charge in [-0.05, 0) is 31.5 Å². The fourth-order valence-corrected chi connectivity index (χ4v) is 2.78. The molecule has 1 aliphatic rings. The lowest BCUT2D eigenvalue weighted by Gasteiger charge is -2.39. The standard InChI is InChI=1S/C15H22ClN3O/c1-3-18-15(20)14-10-17-8-9-19(14)11(2)12-4-6-13(16)7-5-12/h4-7,11,14,17H,3,8-10H2,1-2H3,(H,18,20). The highest BCUT2D eigenvalue weighted by atomic mass is 35.5. The Morgan fingerprint density at radius 1 is 1.50 bits per heavy atom. The topological polar surface area (TPSA) is 44.4 Å². The maximum atomic E-state index is 12.2. The first kappa shape index (κ1) is 15.3. The lowest BCUT2D eigenvalue weighted by atomic mass is 10.0. The molecular formula is C15H22ClN3O. The van der Waals surface area contributed by atoms with E-state index in [2.05, 4.69) is 22.5 Å². The molecule has 1 aromatic rings. The number of piperazine rings is 1. The molecule has 0 radical (unpaired) electrons. The second-order valence-electron chi connectivity index (χ2n) is 5.08. The number of hydrogen-bond acceptors (Lipinski definition) is 3. The molecule has 0 spiro atoms. The number of likely N-dealkylation sites (N-methyl/N-ethyl adjacent to an activating group) is 1. The van der Waals surface area contributed by atoms with Gasteiger partial charge in [0.25, 0.3) is 0 Å². The van der Waals surface area contributed by atoms with Crippen molar-refractivity contribution in [1.29, 1.82) is 0 Å². The molecule has 1 amide bonds. The van der Waals surface area contributed by atoms with Crippen LogP contribution in [0.5, 0.6) is 0 Å². The zero-order chi connectivity index (χ0) is 14.5. The summed E-state index contributed by atoms with van der Waals surface area (Å²) < 4.78 is 0. The molecule has 2 unspecified atom stereocenters. The van der Waals surface area contributed by atoms with Gasteiger partial charge < -0.3 is 10.6 Å². The Morgan fingerprint density at radius 2 is 2.20 bits per heavy atom. The third kappa shape index (κ3) is 3.51. The van der Waals surface area contributed by atoms with Gasteiger partial charge >= 0.3 is 0 Å². The molecule has 20 heavy (non-hydrogen) atoms. The average molecular weight is 296 g/mol. The van der Waals surface area contributed by atoms with Crippen molar-refractivity contribution in [2.45, 2.75) is 25.9 Å². The summed E-state index contributed by atoms with van der Waals surface area (Å²) in [6, 6.07) is 7.94. The smallest absolute Gasteiger partial charge is 0.238 e. The first-order valence-electron chi connectivity index (χ1n) is 7.13. The molecule has 110 valence electrons. The summed E-state index contributed by atoms with van der Waals surface area (Å²) >= 11 is 5.93. The van der Waals surface area contributed by atoms with Crippen molar-refractivity contribution < 1.29 is 4.79 Å². The Labute approximate surface area is 125 Å². The number of hydrogen-bond donors (Lipinski definition) is 2. The summed E-state index contributed by atoms with van der Waals surface area (Å²) in [5.74, 6) is 0.0977. The minimum Gasteiger partial charge on any atom is -0.355 e. The van der Waals surface area contributed by atoms with Crippen LogP contribution in [0.15, 0.2) is 24.3 Å². The van der Waals surface area contributed by atoms with Gasteiger partial charge in [-0.2, -0.15) is 0 Å². The third-order valence-electron chi connectivity index (χ3n) is 3.79. The number of nitrogens with zero attached hydrogens (tertiary/aromatic N) is 1. The van der Waals surface area contributed by atoms with Gasteiger partial charge in [0.15, 0.2) is 0 Å². The van der Waals surface area contributed by atoms with Crippen LogP contribution in [0.25, 0.3) is 0 Å². The van der Waals surface area contributed by atoms with Crippen molar-refractivity contribution in [2.75, 3.05) is 26.2 Å². The summed E-state index contributed by atoms with van der Waals surface area (Å²) in [6.45, 7) is 7.23. The second kappa shape index (κ2) is 7.07. The van der Waals surface area contributed by atoms with Crippen molar-refractivity contribution in [1.82, 2.24) is 15.5 Å². The predicted molar refractivity (Wildman–Crippen MR) is 81.9 cm³/mol. The van der Waals surface area contributed by atoms with Gasteiger partial charge in [0.05, 0.1) is 0 Å². The highest BCUT2D eigenvalue weighted by Gasteiger charge is 2.31. The third-order valence-corrected chi connectivity index (χ3v) is 4.04. The van der Waals surface area contributed by atoms with Crippen LogP contribution in [0, 0.1) is 0 Å². The maximum Gasteiger partial charge on any atom is 0.238 e. The Balaban J connectivity index is 2.14. The van der Waals surface area contributed by atoms with E-state index >= 15 is 0 Å². The number of amides is 1. The number of carbonyl (C=O) groups excluding carboxylic acids is 1. The normalized spacial score (nSPS) is 21.4. The quantitative estimate of drug-likeness (QED) is 0.890. The summed E-state index contributed by atoms with van der Waals surface area (Å²) in [5.41, 5.74) is 1.19. The minimum atomic E-state index is -0.116. The predicted octanol–water partition coefficient (Wildman–Crippen LogP) is 1.81. The van der Waals surface area contributed by atoms with Gasteiger partial charge in [-0.15, -0.1) is 0 Å². The van der Waals surface area contributed by atoms with E-state index in [0.29, 0.717) is 13.1 Å². The first-order chi connectivity index (χ1) is 9.63. The number of nitrogens with one attached hydrogen (secondary N) is 2. The summed E-state index contributed by atoms with van der Waals surface area (Å²) in [6.07, 6.45) is 0. The highest BCUT2D eigenvalue weighted by Crippen LogP contribution is 2.24. The Kier molecular flexibility index (Phi) is 5.40. The molecule has 2 atom stereocenters. The minimum absolute atomic E-state index is 0.0977. The lowest BCUT2D eigenvalue weighted by Crippen LogP contribution is -2.58. The molecule has 0 aromatic heterocycles. The zero-order valence-corrected chi connectivity index (χ0v) is 12.8. The molecule has 5 heteroatoms. The van der Waals surface area contributed by atoms with Crippen LogP contribution in [0.2, 0.25) is 5.02 Å². The largest absolute Gasteiger partial charge is 0.355 e. The Hall–Kier alpha value is -1.10. The number of rotatable bonds is 4. The molecule has 0 aliphatic carbocycles. The average Bonchev–Trinajstić information content (AvgIpc) is 2.47. The molecule has 2 N–H and O–H groups in total. The zero-order valence-electron chi connectivity index (χ0n) is 12.0. The van der Waals surface area contributed by atoms with E-state index in [1.165, 1.54) is 5.56 Å². The number of benzene rings is 1. The van der Waals surface area contributed by atoms with Gasteiger partial charge in [-0.3, -0.25) is 9.69 Å². The fourth-order valence-electron chi connectivity index (χ4n) is 2.65. The molecule has 1 heterocycles. The SMILES string of the molecule is CCNC(=O)C1CNCCN1C(C)c1ccc(Cl)cc1. The highest BCUT2D eigenvalue weighted by molar-refractivity contribution is 6.30. The van der Waals surface area contributed by atoms with Gasteiger partial charge in [0.2, 0.25) is 5.91 Å². The van der Waals surface area contributed by atoms with Crippen molar-refractivity contribution in [3.8, 4) is 0 Å². The number of halogens is 1. The summed E-state index contributed by atoms with van der Waals surface area (Å²) in [5, 5.41) is 6.95. The first-order valence-corrected chi connectivity index (χ1v) is 7.51. The van der Waals surface area contributed by atoms with Gasteiger partial charge in [0, 0.05) is 37.2 Å².